The minimum Gasteiger partial charge on any atom is -0.459 e. The van der Waals surface area contributed by atoms with Crippen LogP contribution in [0.3, 0.4) is 0 Å². The number of carbonyl (C=O) groups excluding carboxylic acids is 4. The van der Waals surface area contributed by atoms with E-state index in [4.69, 9.17) is 9.57 Å². The van der Waals surface area contributed by atoms with Crippen LogP contribution in [0.15, 0.2) is 24.3 Å². The van der Waals surface area contributed by atoms with Crippen molar-refractivity contribution in [2.45, 2.75) is 33.8 Å². The molecule has 0 spiro atoms. The number of carbonyl (C=O) groups is 4. The van der Waals surface area contributed by atoms with Gasteiger partial charge in [0.25, 0.3) is 11.8 Å². The summed E-state index contributed by atoms with van der Waals surface area (Å²) in [6.45, 7) is 6.60. The van der Waals surface area contributed by atoms with Crippen LogP contribution in [-0.2, 0) is 9.57 Å². The van der Waals surface area contributed by atoms with E-state index in [1.807, 2.05) is 0 Å². The fraction of sp³-hybridized carbons (Fsp3) is 0.263. The Morgan fingerprint density at radius 1 is 1.00 bits per heavy atom. The maximum Gasteiger partial charge on any atom is 0.380 e. The Morgan fingerprint density at radius 3 is 2.07 bits per heavy atom. The average Bonchev–Trinajstić information content (AvgIpc) is 3.03. The summed E-state index contributed by atoms with van der Waals surface area (Å²) in [6.07, 6.45) is -0.319. The van der Waals surface area contributed by atoms with Crippen molar-refractivity contribution in [1.82, 2.24) is 10.0 Å². The maximum absolute atomic E-state index is 12.5. The van der Waals surface area contributed by atoms with Crippen LogP contribution in [0.25, 0.3) is 0 Å². The summed E-state index contributed by atoms with van der Waals surface area (Å²) >= 11 is 0. The third kappa shape index (κ3) is 3.10. The topological polar surface area (TPSA) is 106 Å². The Bertz CT molecular complexity index is 938. The Labute approximate surface area is 155 Å². The first-order chi connectivity index (χ1) is 12.7. The van der Waals surface area contributed by atoms with Gasteiger partial charge in [-0.25, -0.2) is 9.59 Å². The third-order valence-electron chi connectivity index (χ3n) is 4.12. The first-order valence-electron chi connectivity index (χ1n) is 8.32. The fourth-order valence-corrected chi connectivity index (χ4v) is 2.91. The van der Waals surface area contributed by atoms with Crippen molar-refractivity contribution in [1.29, 1.82) is 0 Å². The zero-order valence-electron chi connectivity index (χ0n) is 15.3. The van der Waals surface area contributed by atoms with E-state index < -0.39 is 23.8 Å². The quantitative estimate of drug-likeness (QED) is 0.655. The van der Waals surface area contributed by atoms with Crippen LogP contribution < -0.4 is 0 Å². The molecule has 1 aromatic carbocycles. The van der Waals surface area contributed by atoms with Gasteiger partial charge in [0.2, 0.25) is 0 Å². The fourth-order valence-electron chi connectivity index (χ4n) is 2.91. The van der Waals surface area contributed by atoms with E-state index >= 15 is 0 Å². The lowest BCUT2D eigenvalue weighted by atomic mass is 10.1. The summed E-state index contributed by atoms with van der Waals surface area (Å²) in [5, 5.41) is 0.425. The highest BCUT2D eigenvalue weighted by Crippen LogP contribution is 2.25. The zero-order chi connectivity index (χ0) is 19.9. The Morgan fingerprint density at radius 2 is 1.56 bits per heavy atom. The number of benzene rings is 1. The van der Waals surface area contributed by atoms with Gasteiger partial charge in [-0.05, 0) is 45.4 Å². The highest BCUT2D eigenvalue weighted by Gasteiger charge is 2.39. The number of aryl methyl sites for hydroxylation is 1. The van der Waals surface area contributed by atoms with E-state index in [1.54, 1.807) is 39.8 Å². The van der Waals surface area contributed by atoms with Crippen molar-refractivity contribution in [3.8, 4) is 0 Å². The van der Waals surface area contributed by atoms with E-state index in [0.717, 1.165) is 0 Å². The molecule has 0 radical (unpaired) electrons. The monoisotopic (exact) mass is 370 g/mol. The van der Waals surface area contributed by atoms with Crippen molar-refractivity contribution in [2.75, 3.05) is 0 Å². The lowest BCUT2D eigenvalue weighted by Crippen LogP contribution is -2.33. The Kier molecular flexibility index (Phi) is 4.57. The van der Waals surface area contributed by atoms with Gasteiger partial charge in [0.05, 0.1) is 22.8 Å². The molecule has 1 aliphatic rings. The number of hydroxylamine groups is 2. The number of esters is 1. The van der Waals surface area contributed by atoms with Gasteiger partial charge in [0.1, 0.15) is 5.69 Å². The second kappa shape index (κ2) is 6.71. The van der Waals surface area contributed by atoms with Crippen LogP contribution in [-0.4, -0.2) is 39.9 Å². The molecule has 0 atom stereocenters. The molecule has 0 saturated heterocycles. The van der Waals surface area contributed by atoms with Crippen LogP contribution in [0, 0.1) is 13.8 Å². The SMILES string of the molecule is Cc1[nH]c(C(=O)ON2C(=O)c3ccccc3C2=O)c(C)c1C(=O)OC(C)C. The number of rotatable bonds is 4. The summed E-state index contributed by atoms with van der Waals surface area (Å²) in [7, 11) is 0. The van der Waals surface area contributed by atoms with Crippen LogP contribution in [0.5, 0.6) is 0 Å². The molecule has 0 bridgehead atoms. The number of hydrogen-bond donors (Lipinski definition) is 1. The summed E-state index contributed by atoms with van der Waals surface area (Å²) in [4.78, 5) is 57.1. The minimum atomic E-state index is -0.950. The van der Waals surface area contributed by atoms with E-state index in [2.05, 4.69) is 4.98 Å². The number of fused-ring (bicyclic) bond motifs is 1. The number of nitrogens with zero attached hydrogens (tertiary/aromatic N) is 1. The van der Waals surface area contributed by atoms with Gasteiger partial charge in [0, 0.05) is 5.69 Å². The molecular weight excluding hydrogens is 352 g/mol. The van der Waals surface area contributed by atoms with Crippen LogP contribution in [0.4, 0.5) is 0 Å². The largest absolute Gasteiger partial charge is 0.459 e. The van der Waals surface area contributed by atoms with Gasteiger partial charge >= 0.3 is 11.9 Å². The third-order valence-corrected chi connectivity index (χ3v) is 4.12. The number of ether oxygens (including phenoxy) is 1. The number of aromatic nitrogens is 1. The van der Waals surface area contributed by atoms with Crippen LogP contribution in [0.1, 0.15) is 66.7 Å². The summed E-state index contributed by atoms with van der Waals surface area (Å²) < 4.78 is 5.17. The first kappa shape index (κ1) is 18.4. The first-order valence-corrected chi connectivity index (χ1v) is 8.32. The molecule has 2 heterocycles. The molecule has 8 nitrogen and oxygen atoms in total. The highest BCUT2D eigenvalue weighted by atomic mass is 16.7. The number of hydrogen-bond acceptors (Lipinski definition) is 6. The molecule has 1 N–H and O–H groups in total. The molecule has 0 aliphatic carbocycles. The van der Waals surface area contributed by atoms with Crippen molar-refractivity contribution in [2.24, 2.45) is 0 Å². The van der Waals surface area contributed by atoms with Crippen LogP contribution >= 0.6 is 0 Å². The standard InChI is InChI=1S/C19H18N2O6/c1-9(2)26-18(24)14-10(3)15(20-11(14)4)19(25)27-21-16(22)12-7-5-6-8-13(12)17(21)23/h5-9,20H,1-4H3. The predicted molar refractivity (Wildman–Crippen MR) is 93.2 cm³/mol. The number of H-pyrrole nitrogens is 1. The molecule has 0 fully saturated rings. The molecule has 2 amide bonds. The highest BCUT2D eigenvalue weighted by molar-refractivity contribution is 6.21. The molecule has 0 unspecified atom stereocenters. The van der Waals surface area contributed by atoms with Gasteiger partial charge in [-0.15, -0.1) is 0 Å². The smallest absolute Gasteiger partial charge is 0.380 e. The Hall–Kier alpha value is -3.42. The number of amides is 2. The zero-order valence-corrected chi connectivity index (χ0v) is 15.3. The van der Waals surface area contributed by atoms with Gasteiger partial charge in [-0.3, -0.25) is 9.59 Å². The second-order valence-electron chi connectivity index (χ2n) is 6.41. The van der Waals surface area contributed by atoms with Crippen molar-refractivity contribution < 1.29 is 28.8 Å². The van der Waals surface area contributed by atoms with Crippen molar-refractivity contribution in [3.63, 3.8) is 0 Å². The molecule has 1 aliphatic heterocycles. The summed E-state index contributed by atoms with van der Waals surface area (Å²) in [6, 6.07) is 6.18. The molecular formula is C19H18N2O6. The molecule has 2 aromatic rings. The molecule has 8 heteroatoms. The van der Waals surface area contributed by atoms with Crippen molar-refractivity contribution >= 4 is 23.8 Å². The lowest BCUT2D eigenvalue weighted by molar-refractivity contribution is -0.0588. The summed E-state index contributed by atoms with van der Waals surface area (Å²) in [5.74, 6) is -2.96. The number of aromatic amines is 1. The maximum atomic E-state index is 12.5. The molecule has 1 aromatic heterocycles. The van der Waals surface area contributed by atoms with E-state index in [0.29, 0.717) is 16.3 Å². The second-order valence-corrected chi connectivity index (χ2v) is 6.41. The van der Waals surface area contributed by atoms with E-state index in [1.165, 1.54) is 12.1 Å². The van der Waals surface area contributed by atoms with E-state index in [-0.39, 0.29) is 28.5 Å². The normalized spacial score (nSPS) is 13.1. The van der Waals surface area contributed by atoms with Gasteiger partial charge in [-0.1, -0.05) is 17.2 Å². The van der Waals surface area contributed by atoms with Gasteiger partial charge in [-0.2, -0.15) is 0 Å². The average molecular weight is 370 g/mol. The predicted octanol–water partition coefficient (Wildman–Crippen LogP) is 2.56. The molecule has 3 rings (SSSR count). The van der Waals surface area contributed by atoms with Crippen LogP contribution in [0.2, 0.25) is 0 Å². The number of nitrogens with one attached hydrogen (secondary N) is 1. The number of imide groups is 1. The Balaban J connectivity index is 1.85. The lowest BCUT2D eigenvalue weighted by Gasteiger charge is -2.12. The van der Waals surface area contributed by atoms with Crippen molar-refractivity contribution in [3.05, 3.63) is 57.9 Å². The molecule has 27 heavy (non-hydrogen) atoms. The summed E-state index contributed by atoms with van der Waals surface area (Å²) in [5.41, 5.74) is 1.26. The van der Waals surface area contributed by atoms with Gasteiger partial charge in [0.15, 0.2) is 0 Å². The minimum absolute atomic E-state index is 0.0280. The molecule has 140 valence electrons. The van der Waals surface area contributed by atoms with Gasteiger partial charge < -0.3 is 14.6 Å². The van der Waals surface area contributed by atoms with E-state index in [9.17, 15) is 19.2 Å². The molecule has 0 saturated carbocycles.